The Kier molecular flexibility index (Phi) is 3.49. The summed E-state index contributed by atoms with van der Waals surface area (Å²) in [6.07, 6.45) is 1.12. The lowest BCUT2D eigenvalue weighted by molar-refractivity contribution is 0.172. The fourth-order valence-electron chi connectivity index (χ4n) is 1.72. The lowest BCUT2D eigenvalue weighted by Crippen LogP contribution is -2.05. The summed E-state index contributed by atoms with van der Waals surface area (Å²) < 4.78 is 13.4. The van der Waals surface area contributed by atoms with Crippen LogP contribution in [0.25, 0.3) is 0 Å². The van der Waals surface area contributed by atoms with Crippen molar-refractivity contribution in [3.63, 3.8) is 0 Å². The van der Waals surface area contributed by atoms with Gasteiger partial charge in [0.05, 0.1) is 5.69 Å². The lowest BCUT2D eigenvalue weighted by atomic mass is 10.0. The van der Waals surface area contributed by atoms with Gasteiger partial charge in [0.25, 0.3) is 0 Å². The summed E-state index contributed by atoms with van der Waals surface area (Å²) in [5.41, 5.74) is 2.11. The maximum Gasteiger partial charge on any atom is 0.126 e. The van der Waals surface area contributed by atoms with Gasteiger partial charge in [-0.25, -0.2) is 4.39 Å². The first-order valence-electron chi connectivity index (χ1n) is 5.51. The van der Waals surface area contributed by atoms with E-state index in [2.05, 4.69) is 4.98 Å². The van der Waals surface area contributed by atoms with Gasteiger partial charge in [0.2, 0.25) is 0 Å². The third kappa shape index (κ3) is 2.88. The molecule has 0 saturated heterocycles. The number of rotatable bonds is 3. The van der Waals surface area contributed by atoms with Gasteiger partial charge in [0.1, 0.15) is 11.9 Å². The second-order valence-electron chi connectivity index (χ2n) is 4.07. The molecule has 1 heterocycles. The van der Waals surface area contributed by atoms with E-state index in [9.17, 15) is 9.50 Å². The van der Waals surface area contributed by atoms with Gasteiger partial charge in [-0.1, -0.05) is 18.2 Å². The molecule has 1 aromatic heterocycles. The second kappa shape index (κ2) is 5.06. The molecule has 3 heteroatoms. The van der Waals surface area contributed by atoms with E-state index in [-0.39, 0.29) is 12.2 Å². The van der Waals surface area contributed by atoms with E-state index >= 15 is 0 Å². The largest absolute Gasteiger partial charge is 0.386 e. The van der Waals surface area contributed by atoms with Gasteiger partial charge in [-0.15, -0.1) is 0 Å². The number of aliphatic hydroxyl groups is 1. The molecule has 1 aromatic carbocycles. The standard InChI is InChI=1S/C14H14FNO/c1-10-6-7-16-13(8-10)14(17)9-11-4-2-3-5-12(11)15/h2-8,14,17H,9H2,1H3. The molecular formula is C14H14FNO. The molecule has 0 spiro atoms. The van der Waals surface area contributed by atoms with E-state index in [0.717, 1.165) is 5.56 Å². The van der Waals surface area contributed by atoms with E-state index < -0.39 is 6.10 Å². The Morgan fingerprint density at radius 2 is 2.06 bits per heavy atom. The van der Waals surface area contributed by atoms with Crippen LogP contribution in [0.5, 0.6) is 0 Å². The van der Waals surface area contributed by atoms with Crippen molar-refractivity contribution in [2.45, 2.75) is 19.4 Å². The predicted molar refractivity (Wildman–Crippen MR) is 64.0 cm³/mol. The maximum atomic E-state index is 13.4. The molecule has 2 aromatic rings. The number of aromatic nitrogens is 1. The molecule has 0 aliphatic rings. The SMILES string of the molecule is Cc1ccnc(C(O)Cc2ccccc2F)c1. The van der Waals surface area contributed by atoms with Crippen LogP contribution in [0.3, 0.4) is 0 Å². The molecule has 88 valence electrons. The summed E-state index contributed by atoms with van der Waals surface area (Å²) in [4.78, 5) is 4.09. The van der Waals surface area contributed by atoms with Crippen molar-refractivity contribution in [3.05, 3.63) is 65.2 Å². The average Bonchev–Trinajstić information content (AvgIpc) is 2.32. The number of benzene rings is 1. The number of hydrogen-bond acceptors (Lipinski definition) is 2. The van der Waals surface area contributed by atoms with Gasteiger partial charge in [-0.05, 0) is 36.2 Å². The predicted octanol–water partition coefficient (Wildman–Crippen LogP) is 2.81. The normalized spacial score (nSPS) is 12.4. The number of hydrogen-bond donors (Lipinski definition) is 1. The molecule has 2 rings (SSSR count). The van der Waals surface area contributed by atoms with Crippen molar-refractivity contribution in [3.8, 4) is 0 Å². The Labute approximate surface area is 99.8 Å². The van der Waals surface area contributed by atoms with E-state index in [1.165, 1.54) is 6.07 Å². The van der Waals surface area contributed by atoms with Crippen LogP contribution < -0.4 is 0 Å². The Balaban J connectivity index is 2.17. The Hall–Kier alpha value is -1.74. The first-order chi connectivity index (χ1) is 8.16. The van der Waals surface area contributed by atoms with Crippen LogP contribution >= 0.6 is 0 Å². The number of aliphatic hydroxyl groups excluding tert-OH is 1. The van der Waals surface area contributed by atoms with Crippen LogP contribution in [0, 0.1) is 12.7 Å². The molecule has 0 fully saturated rings. The highest BCUT2D eigenvalue weighted by atomic mass is 19.1. The maximum absolute atomic E-state index is 13.4. The van der Waals surface area contributed by atoms with E-state index in [4.69, 9.17) is 0 Å². The van der Waals surface area contributed by atoms with Gasteiger partial charge in [0.15, 0.2) is 0 Å². The number of aryl methyl sites for hydroxylation is 1. The van der Waals surface area contributed by atoms with E-state index in [1.54, 1.807) is 24.4 Å². The summed E-state index contributed by atoms with van der Waals surface area (Å²) in [6.45, 7) is 1.93. The Morgan fingerprint density at radius 3 is 2.76 bits per heavy atom. The van der Waals surface area contributed by atoms with E-state index in [1.807, 2.05) is 19.1 Å². The zero-order chi connectivity index (χ0) is 12.3. The minimum absolute atomic E-state index is 0.239. The van der Waals surface area contributed by atoms with Gasteiger partial charge in [0, 0.05) is 12.6 Å². The Bertz CT molecular complexity index is 513. The summed E-state index contributed by atoms with van der Waals surface area (Å²) in [5, 5.41) is 9.99. The molecule has 0 radical (unpaired) electrons. The lowest BCUT2D eigenvalue weighted by Gasteiger charge is -2.11. The van der Waals surface area contributed by atoms with Crippen molar-refractivity contribution in [1.82, 2.24) is 4.98 Å². The molecule has 1 N–H and O–H groups in total. The summed E-state index contributed by atoms with van der Waals surface area (Å²) in [6, 6.07) is 10.1. The summed E-state index contributed by atoms with van der Waals surface area (Å²) >= 11 is 0. The van der Waals surface area contributed by atoms with Gasteiger partial charge < -0.3 is 5.11 Å². The monoisotopic (exact) mass is 231 g/mol. The third-order valence-electron chi connectivity index (χ3n) is 2.65. The molecule has 0 amide bonds. The van der Waals surface area contributed by atoms with Crippen LogP contribution in [0.15, 0.2) is 42.6 Å². The fourth-order valence-corrected chi connectivity index (χ4v) is 1.72. The van der Waals surface area contributed by atoms with Crippen molar-refractivity contribution in [1.29, 1.82) is 0 Å². The molecule has 0 saturated carbocycles. The molecule has 0 aliphatic carbocycles. The number of halogens is 1. The average molecular weight is 231 g/mol. The van der Waals surface area contributed by atoms with Crippen LogP contribution in [0.4, 0.5) is 4.39 Å². The molecule has 0 bridgehead atoms. The molecular weight excluding hydrogens is 217 g/mol. The second-order valence-corrected chi connectivity index (χ2v) is 4.07. The van der Waals surface area contributed by atoms with Crippen molar-refractivity contribution >= 4 is 0 Å². The minimum atomic E-state index is -0.771. The van der Waals surface area contributed by atoms with Crippen molar-refractivity contribution in [2.75, 3.05) is 0 Å². The highest BCUT2D eigenvalue weighted by molar-refractivity contribution is 5.22. The molecule has 1 unspecified atom stereocenters. The van der Waals surface area contributed by atoms with Crippen LogP contribution in [-0.2, 0) is 6.42 Å². The van der Waals surface area contributed by atoms with Gasteiger partial charge >= 0.3 is 0 Å². The highest BCUT2D eigenvalue weighted by Gasteiger charge is 2.12. The van der Waals surface area contributed by atoms with Crippen molar-refractivity contribution in [2.24, 2.45) is 0 Å². The summed E-state index contributed by atoms with van der Waals surface area (Å²) in [7, 11) is 0. The molecule has 1 atom stereocenters. The smallest absolute Gasteiger partial charge is 0.126 e. The van der Waals surface area contributed by atoms with Crippen LogP contribution in [0.1, 0.15) is 22.9 Å². The van der Waals surface area contributed by atoms with Gasteiger partial charge in [-0.3, -0.25) is 4.98 Å². The third-order valence-corrected chi connectivity index (χ3v) is 2.65. The Morgan fingerprint density at radius 1 is 1.29 bits per heavy atom. The van der Waals surface area contributed by atoms with Gasteiger partial charge in [-0.2, -0.15) is 0 Å². The first kappa shape index (κ1) is 11.7. The minimum Gasteiger partial charge on any atom is -0.386 e. The zero-order valence-electron chi connectivity index (χ0n) is 9.60. The summed E-state index contributed by atoms with van der Waals surface area (Å²) in [5.74, 6) is -0.292. The molecule has 17 heavy (non-hydrogen) atoms. The first-order valence-corrected chi connectivity index (χ1v) is 5.51. The van der Waals surface area contributed by atoms with E-state index in [0.29, 0.717) is 11.3 Å². The topological polar surface area (TPSA) is 33.1 Å². The molecule has 0 aliphatic heterocycles. The fraction of sp³-hybridized carbons (Fsp3) is 0.214. The number of nitrogens with zero attached hydrogens (tertiary/aromatic N) is 1. The van der Waals surface area contributed by atoms with Crippen molar-refractivity contribution < 1.29 is 9.50 Å². The van der Waals surface area contributed by atoms with Crippen LogP contribution in [0.2, 0.25) is 0 Å². The quantitative estimate of drug-likeness (QED) is 0.881. The number of pyridine rings is 1. The zero-order valence-corrected chi connectivity index (χ0v) is 9.60. The van der Waals surface area contributed by atoms with Crippen LogP contribution in [-0.4, -0.2) is 10.1 Å². The molecule has 2 nitrogen and oxygen atoms in total. The highest BCUT2D eigenvalue weighted by Crippen LogP contribution is 2.18.